The van der Waals surface area contributed by atoms with Crippen molar-refractivity contribution in [2.75, 3.05) is 38.3 Å². The zero-order valence-electron chi connectivity index (χ0n) is 13.9. The van der Waals surface area contributed by atoms with Gasteiger partial charge in [0.25, 0.3) is 0 Å². The minimum absolute atomic E-state index is 0.476. The van der Waals surface area contributed by atoms with E-state index in [1.807, 2.05) is 36.4 Å². The van der Waals surface area contributed by atoms with Crippen LogP contribution in [0.15, 0.2) is 47.1 Å². The molecule has 0 unspecified atom stereocenters. The van der Waals surface area contributed by atoms with Gasteiger partial charge in [-0.05, 0) is 36.4 Å². The summed E-state index contributed by atoms with van der Waals surface area (Å²) in [5, 5.41) is 8.69. The summed E-state index contributed by atoms with van der Waals surface area (Å²) in [5.74, 6) is 2.66. The highest BCUT2D eigenvalue weighted by atomic mass is 16.5. The molecule has 0 radical (unpaired) electrons. The van der Waals surface area contributed by atoms with E-state index in [1.165, 1.54) is 0 Å². The molecule has 3 aromatic rings. The van der Waals surface area contributed by atoms with Gasteiger partial charge in [0.15, 0.2) is 11.6 Å². The number of aromatic nitrogens is 3. The van der Waals surface area contributed by atoms with Crippen molar-refractivity contribution in [3.8, 4) is 28.6 Å². The van der Waals surface area contributed by atoms with E-state index in [-0.39, 0.29) is 0 Å². The summed E-state index contributed by atoms with van der Waals surface area (Å²) in [6, 6.07) is 11.4. The van der Waals surface area contributed by atoms with Crippen LogP contribution in [0.1, 0.15) is 0 Å². The van der Waals surface area contributed by atoms with Crippen LogP contribution in [-0.4, -0.2) is 48.6 Å². The molecule has 1 fully saturated rings. The molecule has 0 amide bonds. The third-order valence-electron chi connectivity index (χ3n) is 4.08. The Kier molecular flexibility index (Phi) is 4.30. The fourth-order valence-corrected chi connectivity index (χ4v) is 2.76. The second-order valence-electron chi connectivity index (χ2n) is 5.61. The summed E-state index contributed by atoms with van der Waals surface area (Å²) in [7, 11) is 1.65. The molecular formula is C18H18N4O3. The first-order valence-corrected chi connectivity index (χ1v) is 8.11. The van der Waals surface area contributed by atoms with Crippen molar-refractivity contribution >= 4 is 5.82 Å². The molecule has 7 heteroatoms. The van der Waals surface area contributed by atoms with Crippen LogP contribution in [0.3, 0.4) is 0 Å². The quantitative estimate of drug-likeness (QED) is 0.724. The first-order chi connectivity index (χ1) is 12.3. The van der Waals surface area contributed by atoms with Crippen molar-refractivity contribution in [2.24, 2.45) is 0 Å². The third kappa shape index (κ3) is 3.18. The van der Waals surface area contributed by atoms with Crippen molar-refractivity contribution in [2.45, 2.75) is 0 Å². The number of rotatable bonds is 4. The van der Waals surface area contributed by atoms with Crippen LogP contribution in [0.5, 0.6) is 5.75 Å². The molecule has 0 spiro atoms. The van der Waals surface area contributed by atoms with E-state index in [9.17, 15) is 0 Å². The summed E-state index contributed by atoms with van der Waals surface area (Å²) in [4.78, 5) is 6.90. The maximum Gasteiger partial charge on any atom is 0.219 e. The number of methoxy groups -OCH3 is 1. The molecule has 1 aromatic carbocycles. The Morgan fingerprint density at radius 3 is 2.52 bits per heavy atom. The molecule has 0 N–H and O–H groups in total. The second-order valence-corrected chi connectivity index (χ2v) is 5.61. The average molecular weight is 338 g/mol. The van der Waals surface area contributed by atoms with Crippen LogP contribution in [0.4, 0.5) is 5.82 Å². The number of nitrogens with zero attached hydrogens (tertiary/aromatic N) is 4. The zero-order valence-corrected chi connectivity index (χ0v) is 13.9. The Morgan fingerprint density at radius 2 is 1.84 bits per heavy atom. The van der Waals surface area contributed by atoms with E-state index in [1.54, 1.807) is 13.4 Å². The highest BCUT2D eigenvalue weighted by molar-refractivity contribution is 5.73. The molecule has 25 heavy (non-hydrogen) atoms. The molecule has 7 nitrogen and oxygen atoms in total. The van der Waals surface area contributed by atoms with Crippen molar-refractivity contribution in [1.29, 1.82) is 0 Å². The smallest absolute Gasteiger partial charge is 0.219 e. The van der Waals surface area contributed by atoms with Gasteiger partial charge in [0.05, 0.1) is 26.6 Å². The highest BCUT2D eigenvalue weighted by Crippen LogP contribution is 2.30. The van der Waals surface area contributed by atoms with Crippen molar-refractivity contribution in [3.05, 3.63) is 42.7 Å². The number of benzene rings is 1. The van der Waals surface area contributed by atoms with E-state index in [0.29, 0.717) is 24.8 Å². The maximum atomic E-state index is 5.46. The van der Waals surface area contributed by atoms with Gasteiger partial charge in [0.1, 0.15) is 11.4 Å². The Morgan fingerprint density at radius 1 is 1.04 bits per heavy atom. The van der Waals surface area contributed by atoms with Gasteiger partial charge in [0.2, 0.25) is 5.82 Å². The molecular weight excluding hydrogens is 320 g/mol. The lowest BCUT2D eigenvalue weighted by Gasteiger charge is -2.29. The summed E-state index contributed by atoms with van der Waals surface area (Å²) in [5.41, 5.74) is 1.67. The molecule has 1 saturated heterocycles. The van der Waals surface area contributed by atoms with E-state index in [2.05, 4.69) is 15.1 Å². The van der Waals surface area contributed by atoms with Gasteiger partial charge in [-0.15, -0.1) is 10.2 Å². The standard InChI is InChI=1S/C18H18N4O3/c1-23-14-6-4-13(5-7-14)16-18(22-8-11-24-12-9-22)19-17(21-20-16)15-3-2-10-25-15/h2-7,10H,8-9,11-12H2,1H3. The Balaban J connectivity index is 1.78. The second kappa shape index (κ2) is 6.90. The van der Waals surface area contributed by atoms with Crippen molar-refractivity contribution in [3.63, 3.8) is 0 Å². The lowest BCUT2D eigenvalue weighted by molar-refractivity contribution is 0.122. The molecule has 0 atom stereocenters. The van der Waals surface area contributed by atoms with Gasteiger partial charge in [0, 0.05) is 18.7 Å². The van der Waals surface area contributed by atoms with E-state index in [4.69, 9.17) is 18.9 Å². The summed E-state index contributed by atoms with van der Waals surface area (Å²) in [6.45, 7) is 2.86. The van der Waals surface area contributed by atoms with Gasteiger partial charge in [-0.2, -0.15) is 0 Å². The summed E-state index contributed by atoms with van der Waals surface area (Å²) < 4.78 is 16.1. The van der Waals surface area contributed by atoms with Crippen LogP contribution in [0.25, 0.3) is 22.8 Å². The van der Waals surface area contributed by atoms with Crippen LogP contribution >= 0.6 is 0 Å². The van der Waals surface area contributed by atoms with Gasteiger partial charge >= 0.3 is 0 Å². The van der Waals surface area contributed by atoms with E-state index >= 15 is 0 Å². The summed E-state index contributed by atoms with van der Waals surface area (Å²) >= 11 is 0. The Labute approximate surface area is 145 Å². The van der Waals surface area contributed by atoms with Crippen LogP contribution in [-0.2, 0) is 4.74 Å². The first kappa shape index (κ1) is 15.6. The van der Waals surface area contributed by atoms with Crippen molar-refractivity contribution in [1.82, 2.24) is 15.2 Å². The molecule has 0 aliphatic carbocycles. The fourth-order valence-electron chi connectivity index (χ4n) is 2.76. The minimum atomic E-state index is 0.476. The highest BCUT2D eigenvalue weighted by Gasteiger charge is 2.21. The van der Waals surface area contributed by atoms with E-state index < -0.39 is 0 Å². The lowest BCUT2D eigenvalue weighted by Crippen LogP contribution is -2.37. The zero-order chi connectivity index (χ0) is 17.1. The van der Waals surface area contributed by atoms with Crippen LogP contribution in [0, 0.1) is 0 Å². The third-order valence-corrected chi connectivity index (χ3v) is 4.08. The Bertz CT molecular complexity index is 828. The van der Waals surface area contributed by atoms with Crippen LogP contribution in [0.2, 0.25) is 0 Å². The monoisotopic (exact) mass is 338 g/mol. The predicted molar refractivity (Wildman–Crippen MR) is 92.5 cm³/mol. The number of hydrogen-bond donors (Lipinski definition) is 0. The molecule has 2 aromatic heterocycles. The fraction of sp³-hybridized carbons (Fsp3) is 0.278. The van der Waals surface area contributed by atoms with Gasteiger partial charge in [-0.25, -0.2) is 4.98 Å². The minimum Gasteiger partial charge on any atom is -0.497 e. The van der Waals surface area contributed by atoms with E-state index in [0.717, 1.165) is 35.9 Å². The first-order valence-electron chi connectivity index (χ1n) is 8.11. The lowest BCUT2D eigenvalue weighted by atomic mass is 10.1. The normalized spacial score (nSPS) is 14.5. The molecule has 1 aliphatic heterocycles. The topological polar surface area (TPSA) is 73.5 Å². The van der Waals surface area contributed by atoms with Gasteiger partial charge in [-0.1, -0.05) is 0 Å². The molecule has 0 bridgehead atoms. The largest absolute Gasteiger partial charge is 0.497 e. The van der Waals surface area contributed by atoms with Crippen LogP contribution < -0.4 is 9.64 Å². The van der Waals surface area contributed by atoms with Gasteiger partial charge < -0.3 is 18.8 Å². The molecule has 128 valence electrons. The predicted octanol–water partition coefficient (Wildman–Crippen LogP) is 2.64. The summed E-state index contributed by atoms with van der Waals surface area (Å²) in [6.07, 6.45) is 1.60. The maximum absolute atomic E-state index is 5.46. The number of ether oxygens (including phenoxy) is 2. The number of morpholine rings is 1. The van der Waals surface area contributed by atoms with Gasteiger partial charge in [-0.3, -0.25) is 0 Å². The molecule has 1 aliphatic rings. The number of furan rings is 1. The molecule has 4 rings (SSSR count). The number of anilines is 1. The molecule has 3 heterocycles. The SMILES string of the molecule is COc1ccc(-c2nnc(-c3ccco3)nc2N2CCOCC2)cc1. The average Bonchev–Trinajstić information content (AvgIpc) is 3.23. The Hall–Kier alpha value is -2.93. The number of hydrogen-bond acceptors (Lipinski definition) is 7. The van der Waals surface area contributed by atoms with Crippen molar-refractivity contribution < 1.29 is 13.9 Å². The molecule has 0 saturated carbocycles.